The number of benzene rings is 1. The lowest BCUT2D eigenvalue weighted by Gasteiger charge is -2.05. The average molecular weight is 222 g/mol. The van der Waals surface area contributed by atoms with Crippen molar-refractivity contribution in [3.05, 3.63) is 35.9 Å². The summed E-state index contributed by atoms with van der Waals surface area (Å²) in [5.41, 5.74) is 0.767. The van der Waals surface area contributed by atoms with Crippen LogP contribution >= 0.6 is 0 Å². The number of rotatable bonds is 6. The van der Waals surface area contributed by atoms with E-state index in [0.29, 0.717) is 18.8 Å². The number of carboxylic acid groups (broad SMARTS) is 1. The minimum Gasteiger partial charge on any atom is -0.493 e. The van der Waals surface area contributed by atoms with E-state index in [0.717, 1.165) is 11.6 Å². The van der Waals surface area contributed by atoms with Gasteiger partial charge < -0.3 is 14.9 Å². The summed E-state index contributed by atoms with van der Waals surface area (Å²) in [4.78, 5) is 10.3. The number of hydrogen-bond donors (Lipinski definition) is 2. The van der Waals surface area contributed by atoms with Gasteiger partial charge in [-0.25, -0.2) is 4.79 Å². The Hall–Kier alpha value is -1.81. The van der Waals surface area contributed by atoms with Crippen molar-refractivity contribution >= 4 is 12.0 Å². The molecule has 0 atom stereocenters. The largest absolute Gasteiger partial charge is 0.493 e. The molecule has 4 nitrogen and oxygen atoms in total. The molecule has 1 aromatic carbocycles. The molecule has 1 aromatic rings. The van der Waals surface area contributed by atoms with Gasteiger partial charge in [-0.05, 0) is 23.8 Å². The Labute approximate surface area is 93.8 Å². The molecule has 0 saturated carbocycles. The minimum atomic E-state index is -0.980. The highest BCUT2D eigenvalue weighted by Crippen LogP contribution is 2.14. The fourth-order valence-corrected chi connectivity index (χ4v) is 1.13. The summed E-state index contributed by atoms with van der Waals surface area (Å²) >= 11 is 0. The topological polar surface area (TPSA) is 66.8 Å². The van der Waals surface area contributed by atoms with Crippen LogP contribution in [0.4, 0.5) is 0 Å². The van der Waals surface area contributed by atoms with Crippen LogP contribution < -0.4 is 4.74 Å². The molecular weight excluding hydrogens is 208 g/mol. The summed E-state index contributed by atoms with van der Waals surface area (Å²) in [5, 5.41) is 17.1. The van der Waals surface area contributed by atoms with E-state index in [1.807, 2.05) is 0 Å². The zero-order chi connectivity index (χ0) is 11.8. The first-order valence-electron chi connectivity index (χ1n) is 4.97. The molecule has 0 saturated heterocycles. The Bertz CT molecular complexity index is 371. The van der Waals surface area contributed by atoms with Crippen molar-refractivity contribution < 1.29 is 19.7 Å². The number of ether oxygens (including phenoxy) is 1. The maximum atomic E-state index is 10.3. The van der Waals surface area contributed by atoms with E-state index in [9.17, 15) is 4.79 Å². The van der Waals surface area contributed by atoms with Crippen molar-refractivity contribution in [3.63, 3.8) is 0 Å². The monoisotopic (exact) mass is 222 g/mol. The minimum absolute atomic E-state index is 0.0958. The standard InChI is InChI=1S/C12H14O4/c13-7-2-8-16-11-4-1-3-10(9-11)5-6-12(14)15/h1,3-6,9,13H,2,7-8H2,(H,14,15)/b6-5+. The second-order valence-electron chi connectivity index (χ2n) is 3.17. The number of aliphatic hydroxyl groups excluding tert-OH is 1. The smallest absolute Gasteiger partial charge is 0.328 e. The Morgan fingerprint density at radius 2 is 2.25 bits per heavy atom. The third-order valence-electron chi connectivity index (χ3n) is 1.85. The van der Waals surface area contributed by atoms with Crippen molar-refractivity contribution in [2.24, 2.45) is 0 Å². The van der Waals surface area contributed by atoms with Crippen LogP contribution in [-0.2, 0) is 4.79 Å². The Balaban J connectivity index is 2.60. The van der Waals surface area contributed by atoms with Crippen LogP contribution in [0, 0.1) is 0 Å². The molecule has 86 valence electrons. The van der Waals surface area contributed by atoms with Gasteiger partial charge >= 0.3 is 5.97 Å². The molecule has 0 aliphatic carbocycles. The van der Waals surface area contributed by atoms with Gasteiger partial charge in [-0.2, -0.15) is 0 Å². The predicted octanol–water partition coefficient (Wildman–Crippen LogP) is 1.55. The summed E-state index contributed by atoms with van der Waals surface area (Å²) < 4.78 is 5.35. The zero-order valence-corrected chi connectivity index (χ0v) is 8.80. The first-order valence-corrected chi connectivity index (χ1v) is 4.97. The molecule has 0 radical (unpaired) electrons. The molecule has 0 aliphatic rings. The van der Waals surface area contributed by atoms with Crippen molar-refractivity contribution in [3.8, 4) is 5.75 Å². The van der Waals surface area contributed by atoms with Gasteiger partial charge in [0.2, 0.25) is 0 Å². The van der Waals surface area contributed by atoms with Crippen LogP contribution in [0.25, 0.3) is 6.08 Å². The molecule has 4 heteroatoms. The molecule has 0 aliphatic heterocycles. The number of carbonyl (C=O) groups is 1. The highest BCUT2D eigenvalue weighted by Gasteiger charge is 1.95. The maximum absolute atomic E-state index is 10.3. The molecule has 0 spiro atoms. The van der Waals surface area contributed by atoms with Crippen molar-refractivity contribution in [1.82, 2.24) is 0 Å². The Kier molecular flexibility index (Phi) is 5.08. The second kappa shape index (κ2) is 6.63. The SMILES string of the molecule is O=C(O)/C=C/c1cccc(OCCCO)c1. The fourth-order valence-electron chi connectivity index (χ4n) is 1.13. The fraction of sp³-hybridized carbons (Fsp3) is 0.250. The maximum Gasteiger partial charge on any atom is 0.328 e. The quantitative estimate of drug-likeness (QED) is 0.566. The van der Waals surface area contributed by atoms with Gasteiger partial charge in [0.25, 0.3) is 0 Å². The third-order valence-corrected chi connectivity index (χ3v) is 1.85. The number of carboxylic acids is 1. The molecule has 1 rings (SSSR count). The molecule has 0 bridgehead atoms. The Morgan fingerprint density at radius 3 is 2.94 bits per heavy atom. The first kappa shape index (κ1) is 12.3. The van der Waals surface area contributed by atoms with Crippen LogP contribution in [0.5, 0.6) is 5.75 Å². The van der Waals surface area contributed by atoms with Crippen LogP contribution in [0.2, 0.25) is 0 Å². The van der Waals surface area contributed by atoms with Gasteiger partial charge in [0, 0.05) is 19.1 Å². The van der Waals surface area contributed by atoms with Crippen LogP contribution in [0.1, 0.15) is 12.0 Å². The lowest BCUT2D eigenvalue weighted by atomic mass is 10.2. The van der Waals surface area contributed by atoms with Crippen LogP contribution in [0.3, 0.4) is 0 Å². The molecule has 16 heavy (non-hydrogen) atoms. The van der Waals surface area contributed by atoms with Gasteiger partial charge in [0.1, 0.15) is 5.75 Å². The van der Waals surface area contributed by atoms with Gasteiger partial charge in [0.05, 0.1) is 6.61 Å². The second-order valence-corrected chi connectivity index (χ2v) is 3.17. The summed E-state index contributed by atoms with van der Waals surface area (Å²) in [5.74, 6) is -0.312. The number of aliphatic carboxylic acids is 1. The third kappa shape index (κ3) is 4.61. The number of hydrogen-bond acceptors (Lipinski definition) is 3. The van der Waals surface area contributed by atoms with Crippen molar-refractivity contribution in [2.75, 3.05) is 13.2 Å². The highest BCUT2D eigenvalue weighted by atomic mass is 16.5. The van der Waals surface area contributed by atoms with E-state index < -0.39 is 5.97 Å². The summed E-state index contributed by atoms with van der Waals surface area (Å²) in [6.45, 7) is 0.543. The Morgan fingerprint density at radius 1 is 1.44 bits per heavy atom. The molecule has 0 unspecified atom stereocenters. The first-order chi connectivity index (χ1) is 7.72. The van der Waals surface area contributed by atoms with E-state index in [-0.39, 0.29) is 6.61 Å². The van der Waals surface area contributed by atoms with E-state index in [1.165, 1.54) is 6.08 Å². The van der Waals surface area contributed by atoms with E-state index in [1.54, 1.807) is 24.3 Å². The van der Waals surface area contributed by atoms with Gasteiger partial charge in [0.15, 0.2) is 0 Å². The highest BCUT2D eigenvalue weighted by molar-refractivity contribution is 5.85. The lowest BCUT2D eigenvalue weighted by Crippen LogP contribution is -1.99. The molecule has 2 N–H and O–H groups in total. The summed E-state index contributed by atoms with van der Waals surface area (Å²) in [6.07, 6.45) is 3.16. The van der Waals surface area contributed by atoms with Crippen molar-refractivity contribution in [1.29, 1.82) is 0 Å². The number of aliphatic hydroxyl groups is 1. The molecule has 0 aromatic heterocycles. The predicted molar refractivity (Wildman–Crippen MR) is 60.3 cm³/mol. The molecule has 0 fully saturated rings. The van der Waals surface area contributed by atoms with E-state index in [4.69, 9.17) is 14.9 Å². The average Bonchev–Trinajstić information content (AvgIpc) is 2.27. The van der Waals surface area contributed by atoms with Crippen LogP contribution in [0.15, 0.2) is 30.3 Å². The van der Waals surface area contributed by atoms with E-state index in [2.05, 4.69) is 0 Å². The van der Waals surface area contributed by atoms with Crippen molar-refractivity contribution in [2.45, 2.75) is 6.42 Å². The molecule has 0 amide bonds. The zero-order valence-electron chi connectivity index (χ0n) is 8.80. The van der Waals surface area contributed by atoms with Gasteiger partial charge in [-0.15, -0.1) is 0 Å². The molecule has 0 heterocycles. The van der Waals surface area contributed by atoms with Gasteiger partial charge in [-0.1, -0.05) is 12.1 Å². The normalized spacial score (nSPS) is 10.6. The van der Waals surface area contributed by atoms with Crippen LogP contribution in [-0.4, -0.2) is 29.4 Å². The summed E-state index contributed by atoms with van der Waals surface area (Å²) in [7, 11) is 0. The van der Waals surface area contributed by atoms with E-state index >= 15 is 0 Å². The summed E-state index contributed by atoms with van der Waals surface area (Å²) in [6, 6.07) is 7.11. The lowest BCUT2D eigenvalue weighted by molar-refractivity contribution is -0.131. The van der Waals surface area contributed by atoms with Gasteiger partial charge in [-0.3, -0.25) is 0 Å². The molecular formula is C12H14O4.